The molecule has 0 heterocycles. The maximum absolute atomic E-state index is 11.9. The lowest BCUT2D eigenvalue weighted by atomic mass is 9.83. The smallest absolute Gasteiger partial charge is 0.137 e. The molecule has 3 N–H and O–H groups in total. The van der Waals surface area contributed by atoms with E-state index in [1.807, 2.05) is 6.07 Å². The van der Waals surface area contributed by atoms with Crippen molar-refractivity contribution in [3.8, 4) is 5.75 Å². The van der Waals surface area contributed by atoms with Crippen LogP contribution in [0.15, 0.2) is 24.3 Å². The van der Waals surface area contributed by atoms with Gasteiger partial charge < -0.3 is 10.8 Å². The highest BCUT2D eigenvalue weighted by atomic mass is 16.3. The van der Waals surface area contributed by atoms with Crippen LogP contribution in [0, 0.1) is 5.41 Å². The molecule has 1 aromatic carbocycles. The number of hydrogen-bond acceptors (Lipinski definition) is 3. The zero-order chi connectivity index (χ0) is 13.6. The van der Waals surface area contributed by atoms with E-state index in [0.29, 0.717) is 19.4 Å². The molecule has 0 saturated heterocycles. The second kappa shape index (κ2) is 6.55. The van der Waals surface area contributed by atoms with Gasteiger partial charge in [0.15, 0.2) is 0 Å². The third-order valence-corrected chi connectivity index (χ3v) is 3.21. The van der Waals surface area contributed by atoms with Crippen molar-refractivity contribution in [1.29, 1.82) is 0 Å². The zero-order valence-electron chi connectivity index (χ0n) is 11.3. The van der Waals surface area contributed by atoms with Gasteiger partial charge in [-0.1, -0.05) is 26.0 Å². The summed E-state index contributed by atoms with van der Waals surface area (Å²) in [5.74, 6) is 0.425. The molecule has 0 bridgehead atoms. The van der Waals surface area contributed by atoms with Crippen LogP contribution in [0.2, 0.25) is 0 Å². The Hall–Kier alpha value is -1.35. The molecule has 0 saturated carbocycles. The lowest BCUT2D eigenvalue weighted by molar-refractivity contribution is -0.119. The van der Waals surface area contributed by atoms with Crippen molar-refractivity contribution in [2.45, 2.75) is 39.5 Å². The SMILES string of the molecule is CC(C)(CCN)CCC(=O)Cc1cccc(O)c1. The summed E-state index contributed by atoms with van der Waals surface area (Å²) >= 11 is 0. The number of carbonyl (C=O) groups excluding carboxylic acids is 1. The first-order valence-electron chi connectivity index (χ1n) is 6.43. The number of benzene rings is 1. The lowest BCUT2D eigenvalue weighted by Crippen LogP contribution is -2.18. The van der Waals surface area contributed by atoms with E-state index < -0.39 is 0 Å². The molecule has 0 aromatic heterocycles. The summed E-state index contributed by atoms with van der Waals surface area (Å²) in [6, 6.07) is 6.88. The Morgan fingerprint density at radius 3 is 2.67 bits per heavy atom. The van der Waals surface area contributed by atoms with Crippen LogP contribution < -0.4 is 5.73 Å². The van der Waals surface area contributed by atoms with Crippen molar-refractivity contribution in [2.24, 2.45) is 11.1 Å². The minimum atomic E-state index is 0.128. The number of hydrogen-bond donors (Lipinski definition) is 2. The largest absolute Gasteiger partial charge is 0.508 e. The predicted octanol–water partition coefficient (Wildman–Crippen LogP) is 2.66. The molecule has 1 aromatic rings. The summed E-state index contributed by atoms with van der Waals surface area (Å²) in [4.78, 5) is 11.9. The van der Waals surface area contributed by atoms with E-state index in [4.69, 9.17) is 5.73 Å². The van der Waals surface area contributed by atoms with Crippen LogP contribution in [0.5, 0.6) is 5.75 Å². The minimum absolute atomic E-state index is 0.128. The molecule has 0 amide bonds. The van der Waals surface area contributed by atoms with E-state index in [0.717, 1.165) is 18.4 Å². The maximum Gasteiger partial charge on any atom is 0.137 e. The molecule has 0 spiro atoms. The van der Waals surface area contributed by atoms with Gasteiger partial charge in [-0.2, -0.15) is 0 Å². The molecule has 0 fully saturated rings. The predicted molar refractivity (Wildman–Crippen MR) is 73.5 cm³/mol. The second-order valence-electron chi connectivity index (χ2n) is 5.59. The Bertz CT molecular complexity index is 399. The van der Waals surface area contributed by atoms with Crippen molar-refractivity contribution < 1.29 is 9.90 Å². The van der Waals surface area contributed by atoms with Gasteiger partial charge in [0, 0.05) is 12.8 Å². The van der Waals surface area contributed by atoms with E-state index in [9.17, 15) is 9.90 Å². The monoisotopic (exact) mass is 249 g/mol. The number of aromatic hydroxyl groups is 1. The van der Waals surface area contributed by atoms with E-state index in [1.54, 1.807) is 18.2 Å². The topological polar surface area (TPSA) is 63.3 Å². The van der Waals surface area contributed by atoms with Gasteiger partial charge in [0.2, 0.25) is 0 Å². The quantitative estimate of drug-likeness (QED) is 0.781. The first-order valence-corrected chi connectivity index (χ1v) is 6.43. The first-order chi connectivity index (χ1) is 8.43. The highest BCUT2D eigenvalue weighted by molar-refractivity contribution is 5.80. The fourth-order valence-corrected chi connectivity index (χ4v) is 1.98. The fraction of sp³-hybridized carbons (Fsp3) is 0.533. The number of phenolic OH excluding ortho intramolecular Hbond substituents is 1. The standard InChI is InChI=1S/C15H23NO2/c1-15(2,8-9-16)7-6-14(18)11-12-4-3-5-13(17)10-12/h3-5,10,17H,6-9,11,16H2,1-2H3. The molecule has 100 valence electrons. The molecule has 3 nitrogen and oxygen atoms in total. The molecular formula is C15H23NO2. The second-order valence-corrected chi connectivity index (χ2v) is 5.59. The van der Waals surface area contributed by atoms with E-state index in [1.165, 1.54) is 0 Å². The zero-order valence-corrected chi connectivity index (χ0v) is 11.3. The Kier molecular flexibility index (Phi) is 5.35. The Morgan fingerprint density at radius 2 is 2.06 bits per heavy atom. The van der Waals surface area contributed by atoms with Gasteiger partial charge in [-0.15, -0.1) is 0 Å². The average molecular weight is 249 g/mol. The Balaban J connectivity index is 2.43. The number of Topliss-reactive ketones (excluding diaryl/α,β-unsaturated/α-hetero) is 1. The molecular weight excluding hydrogens is 226 g/mol. The summed E-state index contributed by atoms with van der Waals surface area (Å²) in [5.41, 5.74) is 6.55. The molecule has 3 heteroatoms. The van der Waals surface area contributed by atoms with Crippen LogP contribution >= 0.6 is 0 Å². The number of nitrogens with two attached hydrogens (primary N) is 1. The lowest BCUT2D eigenvalue weighted by Gasteiger charge is -2.23. The van der Waals surface area contributed by atoms with Crippen molar-refractivity contribution in [1.82, 2.24) is 0 Å². The van der Waals surface area contributed by atoms with Crippen molar-refractivity contribution >= 4 is 5.78 Å². The summed E-state index contributed by atoms with van der Waals surface area (Å²) < 4.78 is 0. The van der Waals surface area contributed by atoms with Gasteiger partial charge in [0.25, 0.3) is 0 Å². The molecule has 0 atom stereocenters. The van der Waals surface area contributed by atoms with Gasteiger partial charge in [-0.05, 0) is 42.5 Å². The van der Waals surface area contributed by atoms with Crippen molar-refractivity contribution in [3.05, 3.63) is 29.8 Å². The van der Waals surface area contributed by atoms with E-state index in [2.05, 4.69) is 13.8 Å². The first kappa shape index (κ1) is 14.7. The van der Waals surface area contributed by atoms with Crippen molar-refractivity contribution in [2.75, 3.05) is 6.54 Å². The van der Waals surface area contributed by atoms with Crippen LogP contribution in [0.4, 0.5) is 0 Å². The number of ketones is 1. The fourth-order valence-electron chi connectivity index (χ4n) is 1.98. The van der Waals surface area contributed by atoms with Crippen molar-refractivity contribution in [3.63, 3.8) is 0 Å². The average Bonchev–Trinajstić information content (AvgIpc) is 2.26. The summed E-state index contributed by atoms with van der Waals surface area (Å²) in [7, 11) is 0. The van der Waals surface area contributed by atoms with Gasteiger partial charge in [-0.25, -0.2) is 0 Å². The Labute approximate surface area is 109 Å². The normalized spacial score (nSPS) is 11.5. The highest BCUT2D eigenvalue weighted by Crippen LogP contribution is 2.26. The van der Waals surface area contributed by atoms with Crippen LogP contribution in [0.1, 0.15) is 38.7 Å². The highest BCUT2D eigenvalue weighted by Gasteiger charge is 2.18. The molecule has 0 aliphatic rings. The Morgan fingerprint density at radius 1 is 1.33 bits per heavy atom. The summed E-state index contributed by atoms with van der Waals surface area (Å²) in [6.45, 7) is 4.94. The van der Waals surface area contributed by atoms with Crippen LogP contribution in [-0.2, 0) is 11.2 Å². The molecule has 0 unspecified atom stereocenters. The summed E-state index contributed by atoms with van der Waals surface area (Å²) in [5, 5.41) is 9.33. The molecule has 0 aliphatic heterocycles. The number of rotatable bonds is 7. The van der Waals surface area contributed by atoms with E-state index >= 15 is 0 Å². The maximum atomic E-state index is 11.9. The molecule has 1 rings (SSSR count). The number of carbonyl (C=O) groups is 1. The summed E-state index contributed by atoms with van der Waals surface area (Å²) in [6.07, 6.45) is 2.77. The van der Waals surface area contributed by atoms with Crippen LogP contribution in [0.25, 0.3) is 0 Å². The van der Waals surface area contributed by atoms with Gasteiger partial charge >= 0.3 is 0 Å². The molecule has 18 heavy (non-hydrogen) atoms. The minimum Gasteiger partial charge on any atom is -0.508 e. The molecule has 0 aliphatic carbocycles. The van der Waals surface area contributed by atoms with Gasteiger partial charge in [-0.3, -0.25) is 4.79 Å². The van der Waals surface area contributed by atoms with Crippen LogP contribution in [-0.4, -0.2) is 17.4 Å². The third-order valence-electron chi connectivity index (χ3n) is 3.21. The number of phenols is 1. The van der Waals surface area contributed by atoms with Gasteiger partial charge in [0.1, 0.15) is 11.5 Å². The van der Waals surface area contributed by atoms with Crippen LogP contribution in [0.3, 0.4) is 0 Å². The van der Waals surface area contributed by atoms with Gasteiger partial charge in [0.05, 0.1) is 0 Å². The third kappa shape index (κ3) is 5.32. The molecule has 0 radical (unpaired) electrons. The van der Waals surface area contributed by atoms with E-state index in [-0.39, 0.29) is 16.9 Å².